The Labute approximate surface area is 206 Å². The van der Waals surface area contributed by atoms with Crippen LogP contribution in [-0.2, 0) is 6.42 Å². The molecule has 0 aliphatic heterocycles. The quantitative estimate of drug-likeness (QED) is 0.226. The summed E-state index contributed by atoms with van der Waals surface area (Å²) >= 11 is 1.65. The fourth-order valence-corrected chi connectivity index (χ4v) is 4.81. The zero-order valence-corrected chi connectivity index (χ0v) is 20.4. The molecule has 3 aromatic heterocycles. The second kappa shape index (κ2) is 10.2. The van der Waals surface area contributed by atoms with Crippen molar-refractivity contribution in [3.63, 3.8) is 0 Å². The van der Waals surface area contributed by atoms with E-state index in [9.17, 15) is 4.39 Å². The lowest BCUT2D eigenvalue weighted by Crippen LogP contribution is -2.06. The van der Waals surface area contributed by atoms with E-state index < -0.39 is 6.86 Å². The first kappa shape index (κ1) is 23.0. The van der Waals surface area contributed by atoms with Crippen LogP contribution in [0.1, 0.15) is 22.6 Å². The highest BCUT2D eigenvalue weighted by Gasteiger charge is 2.14. The van der Waals surface area contributed by atoms with Crippen molar-refractivity contribution in [1.29, 1.82) is 0 Å². The SMILES string of the molecule is Cc1cc(-c2nc(NCCCc3ccc(-c4ccc(OCF)cc4)cc3)c3cc(C)sc3n2)no1. The lowest BCUT2D eigenvalue weighted by atomic mass is 10.0. The number of hydrogen-bond acceptors (Lipinski definition) is 7. The van der Waals surface area contributed by atoms with Crippen molar-refractivity contribution in [2.45, 2.75) is 26.7 Å². The number of aryl methyl sites for hydroxylation is 3. The van der Waals surface area contributed by atoms with Crippen molar-refractivity contribution < 1.29 is 13.7 Å². The number of fused-ring (bicyclic) bond motifs is 1. The van der Waals surface area contributed by atoms with Gasteiger partial charge in [-0.1, -0.05) is 41.6 Å². The Balaban J connectivity index is 1.22. The van der Waals surface area contributed by atoms with Gasteiger partial charge in [-0.15, -0.1) is 11.3 Å². The summed E-state index contributed by atoms with van der Waals surface area (Å²) in [6.07, 6.45) is 1.91. The van der Waals surface area contributed by atoms with E-state index in [0.717, 1.165) is 52.3 Å². The molecule has 3 heterocycles. The maximum atomic E-state index is 12.3. The average molecular weight is 489 g/mol. The molecule has 0 spiro atoms. The molecule has 1 N–H and O–H groups in total. The van der Waals surface area contributed by atoms with E-state index in [0.29, 0.717) is 17.3 Å². The third-order valence-electron chi connectivity index (χ3n) is 5.67. The third kappa shape index (κ3) is 5.33. The second-order valence-electron chi connectivity index (χ2n) is 8.30. The summed E-state index contributed by atoms with van der Waals surface area (Å²) in [5.74, 6) is 2.65. The second-order valence-corrected chi connectivity index (χ2v) is 9.53. The number of halogens is 1. The summed E-state index contributed by atoms with van der Waals surface area (Å²) in [5.41, 5.74) is 4.10. The zero-order chi connectivity index (χ0) is 24.2. The molecule has 0 unspecified atom stereocenters. The van der Waals surface area contributed by atoms with Gasteiger partial charge in [0.05, 0.1) is 5.39 Å². The van der Waals surface area contributed by atoms with Crippen LogP contribution >= 0.6 is 11.3 Å². The average Bonchev–Trinajstić information content (AvgIpc) is 3.47. The normalized spacial score (nSPS) is 11.2. The lowest BCUT2D eigenvalue weighted by Gasteiger charge is -2.09. The van der Waals surface area contributed by atoms with Crippen molar-refractivity contribution in [2.24, 2.45) is 0 Å². The number of nitrogens with zero attached hydrogens (tertiary/aromatic N) is 3. The Morgan fingerprint density at radius 3 is 2.40 bits per heavy atom. The molecule has 0 aliphatic rings. The van der Waals surface area contributed by atoms with E-state index in [1.54, 1.807) is 23.5 Å². The number of aromatic nitrogens is 3. The molecule has 178 valence electrons. The lowest BCUT2D eigenvalue weighted by molar-refractivity contribution is 0.192. The van der Waals surface area contributed by atoms with Crippen molar-refractivity contribution in [3.8, 4) is 28.4 Å². The Bertz CT molecular complexity index is 1430. The summed E-state index contributed by atoms with van der Waals surface area (Å²) in [6.45, 7) is 3.90. The summed E-state index contributed by atoms with van der Waals surface area (Å²) in [4.78, 5) is 11.6. The number of nitrogens with one attached hydrogen (secondary N) is 1. The zero-order valence-electron chi connectivity index (χ0n) is 19.5. The highest BCUT2D eigenvalue weighted by Crippen LogP contribution is 2.31. The molecule has 0 aliphatic carbocycles. The molecular weight excluding hydrogens is 463 g/mol. The Hall–Kier alpha value is -3.78. The van der Waals surface area contributed by atoms with Gasteiger partial charge in [-0.3, -0.25) is 0 Å². The molecule has 0 saturated carbocycles. The molecule has 0 fully saturated rings. The molecule has 2 aromatic carbocycles. The molecule has 5 rings (SSSR count). The number of thiophene rings is 1. The first-order valence-electron chi connectivity index (χ1n) is 11.4. The predicted octanol–water partition coefficient (Wildman–Crippen LogP) is 6.98. The van der Waals surface area contributed by atoms with Crippen LogP contribution in [0.15, 0.2) is 65.2 Å². The topological polar surface area (TPSA) is 73.1 Å². The standard InChI is InChI=1S/C27H25FN4O2S/c1-17-14-24(32-34-17)26-30-25(23-15-18(2)35-27(23)31-26)29-13-3-4-19-5-7-20(8-6-19)21-9-11-22(12-10-21)33-16-28/h5-12,14-15H,3-4,13,16H2,1-2H3,(H,29,30,31). The maximum Gasteiger partial charge on any atom is 0.228 e. The Morgan fingerprint density at radius 2 is 1.71 bits per heavy atom. The van der Waals surface area contributed by atoms with Crippen LogP contribution in [0.3, 0.4) is 0 Å². The minimum atomic E-state index is -0.819. The van der Waals surface area contributed by atoms with Crippen LogP contribution < -0.4 is 10.1 Å². The molecule has 5 aromatic rings. The van der Waals surface area contributed by atoms with Gasteiger partial charge in [-0.25, -0.2) is 14.4 Å². The Kier molecular flexibility index (Phi) is 6.72. The van der Waals surface area contributed by atoms with E-state index >= 15 is 0 Å². The summed E-state index contributed by atoms with van der Waals surface area (Å²) < 4.78 is 22.4. The molecule has 0 amide bonds. The highest BCUT2D eigenvalue weighted by molar-refractivity contribution is 7.18. The minimum absolute atomic E-state index is 0.530. The third-order valence-corrected chi connectivity index (χ3v) is 6.61. The van der Waals surface area contributed by atoms with E-state index in [2.05, 4.69) is 52.7 Å². The number of alkyl halides is 1. The van der Waals surface area contributed by atoms with Gasteiger partial charge in [0.2, 0.25) is 6.86 Å². The molecule has 6 nitrogen and oxygen atoms in total. The number of ether oxygens (including phenoxy) is 1. The van der Waals surface area contributed by atoms with Gasteiger partial charge in [-0.2, -0.15) is 0 Å². The van der Waals surface area contributed by atoms with Crippen LogP contribution in [0.5, 0.6) is 5.75 Å². The van der Waals surface area contributed by atoms with E-state index in [1.807, 2.05) is 25.1 Å². The van der Waals surface area contributed by atoms with Gasteiger partial charge in [-0.05, 0) is 61.6 Å². The molecular formula is C27H25FN4O2S. The van der Waals surface area contributed by atoms with Gasteiger partial charge < -0.3 is 14.6 Å². The van der Waals surface area contributed by atoms with Crippen molar-refractivity contribution in [1.82, 2.24) is 15.1 Å². The van der Waals surface area contributed by atoms with E-state index in [-0.39, 0.29) is 0 Å². The molecule has 0 radical (unpaired) electrons. The fraction of sp³-hybridized carbons (Fsp3) is 0.222. The summed E-state index contributed by atoms with van der Waals surface area (Å²) in [7, 11) is 0. The largest absolute Gasteiger partial charge is 0.463 e. The smallest absolute Gasteiger partial charge is 0.228 e. The van der Waals surface area contributed by atoms with Gasteiger partial charge >= 0.3 is 0 Å². The number of hydrogen-bond donors (Lipinski definition) is 1. The maximum absolute atomic E-state index is 12.3. The van der Waals surface area contributed by atoms with Gasteiger partial charge in [0.25, 0.3) is 0 Å². The first-order chi connectivity index (χ1) is 17.1. The summed E-state index contributed by atoms with van der Waals surface area (Å²) in [5, 5.41) is 8.60. The molecule has 0 atom stereocenters. The van der Waals surface area contributed by atoms with Crippen molar-refractivity contribution >= 4 is 27.4 Å². The van der Waals surface area contributed by atoms with Gasteiger partial charge in [0.1, 0.15) is 22.2 Å². The number of anilines is 1. The Morgan fingerprint density at radius 1 is 0.971 bits per heavy atom. The predicted molar refractivity (Wildman–Crippen MR) is 138 cm³/mol. The van der Waals surface area contributed by atoms with Crippen molar-refractivity contribution in [3.05, 3.63) is 76.9 Å². The van der Waals surface area contributed by atoms with Crippen LogP contribution in [0, 0.1) is 13.8 Å². The van der Waals surface area contributed by atoms with Crippen LogP contribution in [-0.4, -0.2) is 28.5 Å². The van der Waals surface area contributed by atoms with Crippen LogP contribution in [0.4, 0.5) is 10.2 Å². The number of rotatable bonds is 9. The first-order valence-corrected chi connectivity index (χ1v) is 12.2. The van der Waals surface area contributed by atoms with E-state index in [1.165, 1.54) is 10.4 Å². The van der Waals surface area contributed by atoms with Gasteiger partial charge in [0, 0.05) is 17.5 Å². The minimum Gasteiger partial charge on any atom is -0.463 e. The molecule has 0 saturated heterocycles. The van der Waals surface area contributed by atoms with Crippen LogP contribution in [0.25, 0.3) is 32.9 Å². The molecule has 8 heteroatoms. The van der Waals surface area contributed by atoms with Crippen molar-refractivity contribution in [2.75, 3.05) is 18.7 Å². The highest BCUT2D eigenvalue weighted by atomic mass is 32.1. The van der Waals surface area contributed by atoms with E-state index in [4.69, 9.17) is 14.2 Å². The molecule has 35 heavy (non-hydrogen) atoms. The fourth-order valence-electron chi connectivity index (χ4n) is 3.93. The van der Waals surface area contributed by atoms with Gasteiger partial charge in [0.15, 0.2) is 11.5 Å². The molecule has 0 bridgehead atoms. The number of benzene rings is 2. The monoisotopic (exact) mass is 488 g/mol. The summed E-state index contributed by atoms with van der Waals surface area (Å²) in [6, 6.07) is 19.9. The van der Waals surface area contributed by atoms with Crippen LogP contribution in [0.2, 0.25) is 0 Å².